The van der Waals surface area contributed by atoms with Gasteiger partial charge in [0.05, 0.1) is 0 Å². The summed E-state index contributed by atoms with van der Waals surface area (Å²) in [6.07, 6.45) is 0. The van der Waals surface area contributed by atoms with Gasteiger partial charge >= 0.3 is 0 Å². The van der Waals surface area contributed by atoms with Crippen molar-refractivity contribution in [3.63, 3.8) is 0 Å². The van der Waals surface area contributed by atoms with E-state index in [-0.39, 0.29) is 0 Å². The van der Waals surface area contributed by atoms with E-state index in [1.165, 1.54) is 22.3 Å². The third-order valence-electron chi connectivity index (χ3n) is 5.53. The Labute approximate surface area is 200 Å². The van der Waals surface area contributed by atoms with E-state index in [1.54, 1.807) is 0 Å². The number of anilines is 4. The highest BCUT2D eigenvalue weighted by Crippen LogP contribution is 2.26. The molecule has 0 aliphatic carbocycles. The van der Waals surface area contributed by atoms with Crippen LogP contribution in [0.1, 0.15) is 0 Å². The average Bonchev–Trinajstić information content (AvgIpc) is 2.87. The van der Waals surface area contributed by atoms with Crippen LogP contribution in [0.25, 0.3) is 33.4 Å². The summed E-state index contributed by atoms with van der Waals surface area (Å²) in [5.41, 5.74) is 32.8. The maximum Gasteiger partial charge on any atom is 0.0314 e. The van der Waals surface area contributed by atoms with E-state index < -0.39 is 0 Å². The first-order valence-electron chi connectivity index (χ1n) is 11.0. The van der Waals surface area contributed by atoms with Gasteiger partial charge in [-0.3, -0.25) is 0 Å². The van der Waals surface area contributed by atoms with E-state index in [1.807, 2.05) is 97.1 Å². The van der Waals surface area contributed by atoms with Crippen molar-refractivity contribution < 1.29 is 0 Å². The van der Waals surface area contributed by atoms with Crippen molar-refractivity contribution in [1.82, 2.24) is 0 Å². The zero-order valence-electron chi connectivity index (χ0n) is 18.9. The molecular formula is C30H28N4. The normalized spacial score (nSPS) is 10.2. The molecule has 5 aromatic rings. The van der Waals surface area contributed by atoms with E-state index in [0.29, 0.717) is 0 Å². The molecule has 4 nitrogen and oxygen atoms in total. The second kappa shape index (κ2) is 10.3. The lowest BCUT2D eigenvalue weighted by molar-refractivity contribution is 1.58. The van der Waals surface area contributed by atoms with Crippen LogP contribution in [0.4, 0.5) is 22.7 Å². The molecule has 0 spiro atoms. The van der Waals surface area contributed by atoms with Gasteiger partial charge in [-0.15, -0.1) is 0 Å². The molecule has 0 saturated carbocycles. The Morgan fingerprint density at radius 2 is 0.324 bits per heavy atom. The molecule has 34 heavy (non-hydrogen) atoms. The van der Waals surface area contributed by atoms with Gasteiger partial charge in [-0.25, -0.2) is 0 Å². The van der Waals surface area contributed by atoms with E-state index >= 15 is 0 Å². The first-order valence-corrected chi connectivity index (χ1v) is 11.0. The van der Waals surface area contributed by atoms with Gasteiger partial charge in [-0.2, -0.15) is 0 Å². The fourth-order valence-electron chi connectivity index (χ4n) is 3.56. The Kier molecular flexibility index (Phi) is 6.80. The first-order chi connectivity index (χ1) is 16.5. The predicted octanol–water partition coefficient (Wildman–Crippen LogP) is 6.70. The summed E-state index contributed by atoms with van der Waals surface area (Å²) in [4.78, 5) is 0. The van der Waals surface area contributed by atoms with E-state index in [9.17, 15) is 0 Å². The molecule has 0 aromatic heterocycles. The van der Waals surface area contributed by atoms with E-state index in [4.69, 9.17) is 22.9 Å². The van der Waals surface area contributed by atoms with Crippen molar-refractivity contribution in [2.45, 2.75) is 0 Å². The summed E-state index contributed by atoms with van der Waals surface area (Å²) >= 11 is 0. The predicted molar refractivity (Wildman–Crippen MR) is 147 cm³/mol. The molecule has 0 fully saturated rings. The molecule has 0 aliphatic rings. The maximum absolute atomic E-state index is 5.71. The summed E-state index contributed by atoms with van der Waals surface area (Å²) in [6.45, 7) is 0. The molecular weight excluding hydrogens is 416 g/mol. The molecule has 4 heteroatoms. The van der Waals surface area contributed by atoms with E-state index in [2.05, 4.69) is 24.3 Å². The molecule has 8 N–H and O–H groups in total. The third kappa shape index (κ3) is 5.75. The molecule has 5 rings (SSSR count). The van der Waals surface area contributed by atoms with Crippen LogP contribution in [0.3, 0.4) is 0 Å². The van der Waals surface area contributed by atoms with Crippen LogP contribution in [0.5, 0.6) is 0 Å². The average molecular weight is 445 g/mol. The summed E-state index contributed by atoms with van der Waals surface area (Å²) in [7, 11) is 0. The zero-order valence-corrected chi connectivity index (χ0v) is 18.9. The van der Waals surface area contributed by atoms with Crippen LogP contribution in [0.15, 0.2) is 121 Å². The van der Waals surface area contributed by atoms with Gasteiger partial charge in [-0.1, -0.05) is 72.8 Å². The van der Waals surface area contributed by atoms with Gasteiger partial charge in [0.1, 0.15) is 0 Å². The van der Waals surface area contributed by atoms with Gasteiger partial charge in [0.15, 0.2) is 0 Å². The summed E-state index contributed by atoms with van der Waals surface area (Å²) in [5.74, 6) is 0. The Balaban J connectivity index is 0.000000172. The quantitative estimate of drug-likeness (QED) is 0.232. The van der Waals surface area contributed by atoms with Gasteiger partial charge in [0, 0.05) is 22.7 Å². The van der Waals surface area contributed by atoms with Crippen molar-refractivity contribution in [3.05, 3.63) is 121 Å². The second-order valence-corrected chi connectivity index (χ2v) is 8.07. The molecule has 0 bridgehead atoms. The van der Waals surface area contributed by atoms with Crippen molar-refractivity contribution in [1.29, 1.82) is 0 Å². The monoisotopic (exact) mass is 444 g/mol. The summed E-state index contributed by atoms with van der Waals surface area (Å²) in [6, 6.07) is 39.9. The topological polar surface area (TPSA) is 104 Å². The molecule has 0 unspecified atom stereocenters. The molecule has 168 valence electrons. The number of hydrogen-bond acceptors (Lipinski definition) is 4. The van der Waals surface area contributed by atoms with Gasteiger partial charge in [0.2, 0.25) is 0 Å². The fraction of sp³-hybridized carbons (Fsp3) is 0. The molecule has 0 heterocycles. The first kappa shape index (κ1) is 22.5. The summed E-state index contributed by atoms with van der Waals surface area (Å²) < 4.78 is 0. The Morgan fingerprint density at radius 1 is 0.206 bits per heavy atom. The smallest absolute Gasteiger partial charge is 0.0314 e. The number of nitrogens with two attached hydrogens (primary N) is 4. The van der Waals surface area contributed by atoms with Crippen LogP contribution in [0.2, 0.25) is 0 Å². The number of rotatable bonds is 3. The SMILES string of the molecule is Nc1ccc(-c2ccc(-c3ccc(N)cc3)cc2)cc1.Nc1ccc(-c2ccc(N)cc2)cc1. The lowest BCUT2D eigenvalue weighted by Crippen LogP contribution is -1.85. The van der Waals surface area contributed by atoms with Crippen LogP contribution in [0, 0.1) is 0 Å². The van der Waals surface area contributed by atoms with Crippen molar-refractivity contribution >= 4 is 22.7 Å². The van der Waals surface area contributed by atoms with Gasteiger partial charge in [0.25, 0.3) is 0 Å². The highest BCUT2D eigenvalue weighted by atomic mass is 14.5. The minimum Gasteiger partial charge on any atom is -0.399 e. The van der Waals surface area contributed by atoms with Gasteiger partial charge < -0.3 is 22.9 Å². The fourth-order valence-corrected chi connectivity index (χ4v) is 3.56. The third-order valence-corrected chi connectivity index (χ3v) is 5.53. The molecule has 0 radical (unpaired) electrons. The number of nitrogen functional groups attached to an aromatic ring is 4. The molecule has 0 saturated heterocycles. The molecule has 0 aliphatic heterocycles. The van der Waals surface area contributed by atoms with Crippen molar-refractivity contribution in [3.8, 4) is 33.4 Å². The van der Waals surface area contributed by atoms with E-state index in [0.717, 1.165) is 33.9 Å². The largest absolute Gasteiger partial charge is 0.399 e. The Hall–Kier alpha value is -4.70. The molecule has 0 amide bonds. The molecule has 0 atom stereocenters. The van der Waals surface area contributed by atoms with Crippen LogP contribution in [-0.2, 0) is 0 Å². The standard InChI is InChI=1S/C18H16N2.C12H12N2/c19-17-9-5-15(6-10-17)13-1-2-14(4-3-13)16-7-11-18(20)12-8-16;13-11-5-1-9(2-6-11)10-3-7-12(14)8-4-10/h1-12H,19-20H2;1-8H,13-14H2. The lowest BCUT2D eigenvalue weighted by Gasteiger charge is -2.06. The maximum atomic E-state index is 5.71. The highest BCUT2D eigenvalue weighted by molar-refractivity contribution is 5.72. The minimum absolute atomic E-state index is 0.782. The van der Waals surface area contributed by atoms with Crippen molar-refractivity contribution in [2.24, 2.45) is 0 Å². The number of benzene rings is 5. The second-order valence-electron chi connectivity index (χ2n) is 8.07. The highest BCUT2D eigenvalue weighted by Gasteiger charge is 2.00. The van der Waals surface area contributed by atoms with Crippen molar-refractivity contribution in [2.75, 3.05) is 22.9 Å². The number of hydrogen-bond donors (Lipinski definition) is 4. The van der Waals surface area contributed by atoms with Crippen LogP contribution >= 0.6 is 0 Å². The Morgan fingerprint density at radius 3 is 0.471 bits per heavy atom. The van der Waals surface area contributed by atoms with Crippen LogP contribution in [-0.4, -0.2) is 0 Å². The molecule has 5 aromatic carbocycles. The van der Waals surface area contributed by atoms with Gasteiger partial charge in [-0.05, 0) is 81.9 Å². The summed E-state index contributed by atoms with van der Waals surface area (Å²) in [5, 5.41) is 0. The lowest BCUT2D eigenvalue weighted by atomic mass is 10.00. The Bertz CT molecular complexity index is 1210. The zero-order chi connectivity index (χ0) is 23.9. The van der Waals surface area contributed by atoms with Crippen LogP contribution < -0.4 is 22.9 Å². The minimum atomic E-state index is 0.782.